The van der Waals surface area contributed by atoms with Crippen molar-refractivity contribution in [2.75, 3.05) is 0 Å². The largest absolute Gasteiger partial charge is 0.279 e. The van der Waals surface area contributed by atoms with Gasteiger partial charge in [0.25, 0.3) is 5.91 Å². The molecule has 0 heterocycles. The molecular formula is C39H34N4O. The van der Waals surface area contributed by atoms with Gasteiger partial charge in [-0.1, -0.05) is 160 Å². The molecule has 5 aromatic rings. The first-order valence-corrected chi connectivity index (χ1v) is 14.5. The van der Waals surface area contributed by atoms with Crippen LogP contribution in [-0.2, 0) is 0 Å². The molecular weight excluding hydrogens is 540 g/mol. The molecule has 5 nitrogen and oxygen atoms in total. The van der Waals surface area contributed by atoms with Crippen LogP contribution in [0.5, 0.6) is 0 Å². The molecule has 0 N–H and O–H groups in total. The summed E-state index contributed by atoms with van der Waals surface area (Å²) in [4.78, 5) is 33.1. The topological polar surface area (TPSA) is 66.5 Å². The Hall–Kier alpha value is -5.55. The number of amides is 1. The van der Waals surface area contributed by atoms with Crippen molar-refractivity contribution in [3.63, 3.8) is 0 Å². The maximum absolute atomic E-state index is 13.3. The molecule has 0 spiro atoms. The third-order valence-electron chi connectivity index (χ3n) is 6.72. The van der Waals surface area contributed by atoms with E-state index in [1.807, 2.05) is 127 Å². The highest BCUT2D eigenvalue weighted by atomic mass is 16.1. The number of hydrogen-bond donors (Lipinski definition) is 0. The Morgan fingerprint density at radius 1 is 0.386 bits per heavy atom. The Balaban J connectivity index is 1.76. The van der Waals surface area contributed by atoms with Gasteiger partial charge >= 0.3 is 0 Å². The number of benzene rings is 5. The first-order chi connectivity index (χ1) is 21.4. The second-order valence-electron chi connectivity index (χ2n) is 11.2. The van der Waals surface area contributed by atoms with Crippen LogP contribution >= 0.6 is 0 Å². The van der Waals surface area contributed by atoms with Crippen molar-refractivity contribution in [3.05, 3.63) is 179 Å². The number of rotatable bonds is 5. The molecule has 216 valence electrons. The summed E-state index contributed by atoms with van der Waals surface area (Å²) in [6.07, 6.45) is 0. The van der Waals surface area contributed by atoms with Gasteiger partial charge in [0, 0.05) is 27.7 Å². The van der Waals surface area contributed by atoms with Gasteiger partial charge in [-0.25, -0.2) is 15.0 Å². The molecule has 0 atom stereocenters. The van der Waals surface area contributed by atoms with Crippen molar-refractivity contribution in [1.29, 1.82) is 0 Å². The highest BCUT2D eigenvalue weighted by Gasteiger charge is 2.22. The SMILES string of the molecule is CC(C)(C)C(=NC(=NC(=NC(=NC(=O)c1ccccc1)c1ccccc1)c1ccccc1)c1ccccc1)c1ccccc1. The van der Waals surface area contributed by atoms with E-state index in [0.717, 1.165) is 22.4 Å². The van der Waals surface area contributed by atoms with E-state index < -0.39 is 0 Å². The molecule has 0 aliphatic rings. The maximum Gasteiger partial charge on any atom is 0.279 e. The van der Waals surface area contributed by atoms with E-state index in [2.05, 4.69) is 37.9 Å². The smallest absolute Gasteiger partial charge is 0.267 e. The number of hydrogen-bond acceptors (Lipinski definition) is 1. The summed E-state index contributed by atoms with van der Waals surface area (Å²) < 4.78 is 0. The van der Waals surface area contributed by atoms with E-state index in [1.54, 1.807) is 12.1 Å². The van der Waals surface area contributed by atoms with Gasteiger partial charge in [-0.15, -0.1) is 0 Å². The van der Waals surface area contributed by atoms with E-state index in [-0.39, 0.29) is 17.2 Å². The summed E-state index contributed by atoms with van der Waals surface area (Å²) in [5.74, 6) is 0.768. The van der Waals surface area contributed by atoms with Crippen molar-refractivity contribution in [1.82, 2.24) is 0 Å². The van der Waals surface area contributed by atoms with Crippen LogP contribution in [-0.4, -0.2) is 29.1 Å². The van der Waals surface area contributed by atoms with Crippen LogP contribution in [0.4, 0.5) is 0 Å². The van der Waals surface area contributed by atoms with Crippen molar-refractivity contribution in [3.8, 4) is 0 Å². The van der Waals surface area contributed by atoms with Crippen LogP contribution in [0.1, 0.15) is 53.4 Å². The lowest BCUT2D eigenvalue weighted by Crippen LogP contribution is -2.23. The van der Waals surface area contributed by atoms with Gasteiger partial charge in [0.2, 0.25) is 0 Å². The number of amidine groups is 3. The van der Waals surface area contributed by atoms with Gasteiger partial charge in [-0.3, -0.25) is 4.79 Å². The summed E-state index contributed by atoms with van der Waals surface area (Å²) in [6, 6.07) is 48.2. The molecule has 5 heteroatoms. The molecule has 0 radical (unpaired) electrons. The van der Waals surface area contributed by atoms with Crippen LogP contribution in [0.3, 0.4) is 0 Å². The standard InChI is InChI=1S/C39H34N4O/c1-39(2,3)34(29-19-9-4-10-20-29)40-35(30-21-11-5-12-22-30)41-36(31-23-13-6-14-24-31)42-37(32-25-15-7-16-26-32)43-38(44)33-27-17-8-18-28-33/h4-28H,1-3H3. The maximum atomic E-state index is 13.3. The van der Waals surface area contributed by atoms with Gasteiger partial charge in [-0.2, -0.15) is 4.99 Å². The normalized spacial score (nSPS) is 13.1. The van der Waals surface area contributed by atoms with Crippen molar-refractivity contribution >= 4 is 29.1 Å². The highest BCUT2D eigenvalue weighted by Crippen LogP contribution is 2.23. The molecule has 5 aromatic carbocycles. The highest BCUT2D eigenvalue weighted by molar-refractivity contribution is 6.21. The minimum Gasteiger partial charge on any atom is -0.267 e. The quantitative estimate of drug-likeness (QED) is 0.153. The Kier molecular flexibility index (Phi) is 9.57. The third kappa shape index (κ3) is 7.84. The Labute approximate surface area is 259 Å². The average Bonchev–Trinajstić information content (AvgIpc) is 3.07. The van der Waals surface area contributed by atoms with Gasteiger partial charge in [0.05, 0.1) is 5.71 Å². The minimum atomic E-state index is -0.384. The van der Waals surface area contributed by atoms with Crippen LogP contribution in [0.2, 0.25) is 0 Å². The predicted molar refractivity (Wildman–Crippen MR) is 182 cm³/mol. The fraction of sp³-hybridized carbons (Fsp3) is 0.103. The van der Waals surface area contributed by atoms with Gasteiger partial charge in [-0.05, 0) is 17.7 Å². The number of carbonyl (C=O) groups is 1. The molecule has 44 heavy (non-hydrogen) atoms. The molecule has 0 aliphatic carbocycles. The molecule has 0 aromatic heterocycles. The lowest BCUT2D eigenvalue weighted by atomic mass is 9.85. The zero-order chi connectivity index (χ0) is 30.8. The molecule has 0 bridgehead atoms. The zero-order valence-corrected chi connectivity index (χ0v) is 25.1. The van der Waals surface area contributed by atoms with Crippen molar-refractivity contribution in [2.24, 2.45) is 25.4 Å². The predicted octanol–water partition coefficient (Wildman–Crippen LogP) is 8.70. The molecule has 5 rings (SSSR count). The zero-order valence-electron chi connectivity index (χ0n) is 25.1. The average molecular weight is 575 g/mol. The lowest BCUT2D eigenvalue weighted by molar-refractivity contribution is 0.100. The molecule has 0 saturated carbocycles. The summed E-state index contributed by atoms with van der Waals surface area (Å²) in [7, 11) is 0. The molecule has 0 fully saturated rings. The molecule has 0 saturated heterocycles. The number of nitrogens with zero attached hydrogens (tertiary/aromatic N) is 4. The van der Waals surface area contributed by atoms with Crippen LogP contribution in [0, 0.1) is 5.41 Å². The Bertz CT molecular complexity index is 1800. The van der Waals surface area contributed by atoms with Crippen LogP contribution in [0.25, 0.3) is 0 Å². The number of aliphatic imine (C=N–C) groups is 4. The van der Waals surface area contributed by atoms with Gasteiger partial charge in [0.15, 0.2) is 17.5 Å². The Morgan fingerprint density at radius 3 is 1.05 bits per heavy atom. The van der Waals surface area contributed by atoms with E-state index in [0.29, 0.717) is 22.8 Å². The van der Waals surface area contributed by atoms with Gasteiger partial charge < -0.3 is 0 Å². The van der Waals surface area contributed by atoms with Crippen LogP contribution < -0.4 is 0 Å². The molecule has 0 unspecified atom stereocenters. The van der Waals surface area contributed by atoms with Crippen molar-refractivity contribution in [2.45, 2.75) is 20.8 Å². The lowest BCUT2D eigenvalue weighted by Gasteiger charge is -2.22. The van der Waals surface area contributed by atoms with E-state index in [1.165, 1.54) is 0 Å². The number of carbonyl (C=O) groups excluding carboxylic acids is 1. The minimum absolute atomic E-state index is 0.262. The summed E-state index contributed by atoms with van der Waals surface area (Å²) >= 11 is 0. The second-order valence-corrected chi connectivity index (χ2v) is 11.2. The first kappa shape index (κ1) is 29.9. The van der Waals surface area contributed by atoms with E-state index in [9.17, 15) is 4.79 Å². The van der Waals surface area contributed by atoms with E-state index in [4.69, 9.17) is 15.0 Å². The summed E-state index contributed by atoms with van der Waals surface area (Å²) in [5.41, 5.74) is 4.42. The molecule has 0 aliphatic heterocycles. The Morgan fingerprint density at radius 2 is 0.682 bits per heavy atom. The van der Waals surface area contributed by atoms with Crippen LogP contribution in [0.15, 0.2) is 172 Å². The first-order valence-electron chi connectivity index (χ1n) is 14.5. The van der Waals surface area contributed by atoms with E-state index >= 15 is 0 Å². The summed E-state index contributed by atoms with van der Waals surface area (Å²) in [5, 5.41) is 0. The summed E-state index contributed by atoms with van der Waals surface area (Å²) in [6.45, 7) is 6.43. The monoisotopic (exact) mass is 574 g/mol. The van der Waals surface area contributed by atoms with Crippen molar-refractivity contribution < 1.29 is 4.79 Å². The molecule has 1 amide bonds. The van der Waals surface area contributed by atoms with Gasteiger partial charge in [0.1, 0.15) is 0 Å². The second kappa shape index (κ2) is 14.1. The fourth-order valence-corrected chi connectivity index (χ4v) is 4.53. The third-order valence-corrected chi connectivity index (χ3v) is 6.72. The fourth-order valence-electron chi connectivity index (χ4n) is 4.53.